The highest BCUT2D eigenvalue weighted by atomic mass is 32.2. The number of benzene rings is 2. The Kier molecular flexibility index (Phi) is 6.15. The van der Waals surface area contributed by atoms with Gasteiger partial charge in [-0.05, 0) is 48.6 Å². The second-order valence-electron chi connectivity index (χ2n) is 9.19. The first-order chi connectivity index (χ1) is 17.2. The van der Waals surface area contributed by atoms with Crippen LogP contribution in [0.2, 0.25) is 0 Å². The summed E-state index contributed by atoms with van der Waals surface area (Å²) < 4.78 is 29.4. The Labute approximate surface area is 208 Å². The van der Waals surface area contributed by atoms with Crippen LogP contribution in [0, 0.1) is 6.92 Å². The van der Waals surface area contributed by atoms with E-state index in [4.69, 9.17) is 5.73 Å². The van der Waals surface area contributed by atoms with Crippen LogP contribution in [0.5, 0.6) is 0 Å². The first-order valence-electron chi connectivity index (χ1n) is 11.7. The minimum Gasteiger partial charge on any atom is -0.392 e. The number of amides is 1. The molecule has 0 radical (unpaired) electrons. The van der Waals surface area contributed by atoms with Crippen molar-refractivity contribution in [2.75, 3.05) is 13.1 Å². The predicted octanol–water partition coefficient (Wildman–Crippen LogP) is 2.43. The van der Waals surface area contributed by atoms with Gasteiger partial charge in [0.15, 0.2) is 5.03 Å². The highest BCUT2D eigenvalue weighted by Crippen LogP contribution is 2.36. The predicted molar refractivity (Wildman–Crippen MR) is 135 cm³/mol. The molecule has 0 unspecified atom stereocenters. The van der Waals surface area contributed by atoms with Gasteiger partial charge in [0.2, 0.25) is 0 Å². The number of aryl methyl sites for hydroxylation is 2. The summed E-state index contributed by atoms with van der Waals surface area (Å²) in [5.41, 5.74) is 9.87. The average molecular weight is 509 g/mol. The highest BCUT2D eigenvalue weighted by molar-refractivity contribution is 7.89. The molecule has 11 heteroatoms. The lowest BCUT2D eigenvalue weighted by atomic mass is 9.90. The topological polar surface area (TPSA) is 147 Å². The monoisotopic (exact) mass is 508 g/mol. The number of carbonyl (C=O) groups is 1. The second-order valence-corrected chi connectivity index (χ2v) is 11.1. The van der Waals surface area contributed by atoms with Crippen LogP contribution in [0.25, 0.3) is 22.0 Å². The Bertz CT molecular complexity index is 1530. The molecule has 1 aliphatic rings. The third-order valence-corrected chi connectivity index (χ3v) is 8.75. The van der Waals surface area contributed by atoms with Crippen LogP contribution in [0.15, 0.2) is 47.6 Å². The molecule has 2 aromatic heterocycles. The van der Waals surface area contributed by atoms with Gasteiger partial charge < -0.3 is 15.4 Å². The van der Waals surface area contributed by atoms with E-state index in [0.29, 0.717) is 42.8 Å². The zero-order valence-corrected chi connectivity index (χ0v) is 20.9. The number of imidazole rings is 1. The van der Waals surface area contributed by atoms with Gasteiger partial charge in [-0.2, -0.15) is 9.40 Å². The molecule has 0 bridgehead atoms. The lowest BCUT2D eigenvalue weighted by Crippen LogP contribution is -2.38. The number of hydrogen-bond acceptors (Lipinski definition) is 6. The lowest BCUT2D eigenvalue weighted by Gasteiger charge is -2.30. The fraction of sp³-hybridized carbons (Fsp3) is 0.320. The maximum Gasteiger partial charge on any atom is 0.262 e. The minimum atomic E-state index is -3.67. The van der Waals surface area contributed by atoms with Crippen molar-refractivity contribution in [3.8, 4) is 11.1 Å². The smallest absolute Gasteiger partial charge is 0.262 e. The number of H-pyrrole nitrogens is 1. The van der Waals surface area contributed by atoms with E-state index in [1.807, 2.05) is 30.3 Å². The molecule has 188 valence electrons. The molecule has 0 atom stereocenters. The molecule has 1 saturated heterocycles. The van der Waals surface area contributed by atoms with Gasteiger partial charge in [-0.3, -0.25) is 9.89 Å². The molecular formula is C25H28N6O4S. The van der Waals surface area contributed by atoms with E-state index in [0.717, 1.165) is 27.8 Å². The fourth-order valence-electron chi connectivity index (χ4n) is 4.77. The zero-order valence-electron chi connectivity index (χ0n) is 20.1. The van der Waals surface area contributed by atoms with Crippen LogP contribution in [0.4, 0.5) is 0 Å². The van der Waals surface area contributed by atoms with Gasteiger partial charge in [0.25, 0.3) is 15.9 Å². The molecule has 5 rings (SSSR count). The molecule has 0 saturated carbocycles. The van der Waals surface area contributed by atoms with E-state index in [-0.39, 0.29) is 17.6 Å². The van der Waals surface area contributed by atoms with Gasteiger partial charge in [0, 0.05) is 43.3 Å². The number of rotatable bonds is 6. The van der Waals surface area contributed by atoms with Gasteiger partial charge >= 0.3 is 0 Å². The second kappa shape index (κ2) is 9.16. The SMILES string of the molecule is Cc1nc(S(=O)(=O)N2CCC(c3[nH]nc4c(C(N)=O)cc(-c5ccc(CO)cc5)cc34)CC2)cn1C. The third kappa shape index (κ3) is 4.19. The van der Waals surface area contributed by atoms with Crippen LogP contribution in [0.1, 0.15) is 46.2 Å². The summed E-state index contributed by atoms with van der Waals surface area (Å²) in [6, 6.07) is 11.2. The molecule has 4 aromatic rings. The molecule has 2 aromatic carbocycles. The molecule has 3 heterocycles. The number of hydrogen-bond donors (Lipinski definition) is 3. The number of aromatic amines is 1. The number of primary amides is 1. The largest absolute Gasteiger partial charge is 0.392 e. The van der Waals surface area contributed by atoms with Crippen LogP contribution in [-0.4, -0.2) is 56.6 Å². The number of aliphatic hydroxyl groups excluding tert-OH is 1. The summed E-state index contributed by atoms with van der Waals surface area (Å²) in [4.78, 5) is 16.5. The van der Waals surface area contributed by atoms with Crippen LogP contribution in [-0.2, 0) is 23.7 Å². The summed E-state index contributed by atoms with van der Waals surface area (Å²) in [6.07, 6.45) is 2.74. The summed E-state index contributed by atoms with van der Waals surface area (Å²) in [5.74, 6) is 0.109. The maximum atomic E-state index is 13.1. The Morgan fingerprint density at radius 1 is 1.17 bits per heavy atom. The minimum absolute atomic E-state index is 0.0414. The van der Waals surface area contributed by atoms with Gasteiger partial charge in [-0.15, -0.1) is 0 Å². The first-order valence-corrected chi connectivity index (χ1v) is 13.1. The molecule has 0 aliphatic carbocycles. The number of aliphatic hydroxyl groups is 1. The Balaban J connectivity index is 1.45. The van der Waals surface area contributed by atoms with Crippen molar-refractivity contribution in [1.29, 1.82) is 0 Å². The van der Waals surface area contributed by atoms with Crippen LogP contribution < -0.4 is 5.73 Å². The van der Waals surface area contributed by atoms with Crippen molar-refractivity contribution in [3.05, 3.63) is 65.2 Å². The third-order valence-electron chi connectivity index (χ3n) is 6.98. The van der Waals surface area contributed by atoms with E-state index in [1.165, 1.54) is 4.31 Å². The molecule has 1 fully saturated rings. The van der Waals surface area contributed by atoms with Crippen molar-refractivity contribution in [2.45, 2.75) is 37.3 Å². The maximum absolute atomic E-state index is 13.1. The van der Waals surface area contributed by atoms with Crippen molar-refractivity contribution < 1.29 is 18.3 Å². The molecule has 36 heavy (non-hydrogen) atoms. The van der Waals surface area contributed by atoms with E-state index in [1.54, 1.807) is 30.8 Å². The fourth-order valence-corrected chi connectivity index (χ4v) is 6.27. The number of nitrogens with two attached hydrogens (primary N) is 1. The van der Waals surface area contributed by atoms with E-state index in [9.17, 15) is 18.3 Å². The van der Waals surface area contributed by atoms with Gasteiger partial charge in [-0.25, -0.2) is 13.4 Å². The number of sulfonamides is 1. The summed E-state index contributed by atoms with van der Waals surface area (Å²) in [6.45, 7) is 2.43. The van der Waals surface area contributed by atoms with Crippen molar-refractivity contribution in [3.63, 3.8) is 0 Å². The summed E-state index contributed by atoms with van der Waals surface area (Å²) in [7, 11) is -1.90. The average Bonchev–Trinajstić information content (AvgIpc) is 3.46. The Hall–Kier alpha value is -3.54. The number of fused-ring (bicyclic) bond motifs is 1. The molecule has 1 aliphatic heterocycles. The van der Waals surface area contributed by atoms with Crippen LogP contribution >= 0.6 is 0 Å². The molecule has 10 nitrogen and oxygen atoms in total. The van der Waals surface area contributed by atoms with E-state index < -0.39 is 15.9 Å². The van der Waals surface area contributed by atoms with Gasteiger partial charge in [0.1, 0.15) is 11.3 Å². The van der Waals surface area contributed by atoms with Gasteiger partial charge in [-0.1, -0.05) is 24.3 Å². The molecule has 0 spiro atoms. The first kappa shape index (κ1) is 24.2. The van der Waals surface area contributed by atoms with Crippen molar-refractivity contribution in [2.24, 2.45) is 12.8 Å². The number of carbonyl (C=O) groups excluding carboxylic acids is 1. The van der Waals surface area contributed by atoms with E-state index >= 15 is 0 Å². The number of piperidine rings is 1. The standard InChI is InChI=1S/C25H28N6O4S/c1-15-27-22(13-30(15)2)36(34,35)31-9-7-18(8-10-31)23-20-11-19(17-5-3-16(14-32)4-6-17)12-21(25(26)33)24(20)29-28-23/h3-6,11-13,18,32H,7-10,14H2,1-2H3,(H2,26,33)(H,28,29). The summed E-state index contributed by atoms with van der Waals surface area (Å²) in [5, 5.41) is 17.7. The number of nitrogens with zero attached hydrogens (tertiary/aromatic N) is 4. The van der Waals surface area contributed by atoms with Crippen molar-refractivity contribution >= 4 is 26.8 Å². The Morgan fingerprint density at radius 2 is 1.86 bits per heavy atom. The van der Waals surface area contributed by atoms with Gasteiger partial charge in [0.05, 0.1) is 12.2 Å². The molecular weight excluding hydrogens is 480 g/mol. The van der Waals surface area contributed by atoms with Crippen LogP contribution in [0.3, 0.4) is 0 Å². The Morgan fingerprint density at radius 3 is 2.44 bits per heavy atom. The zero-order chi connectivity index (χ0) is 25.6. The van der Waals surface area contributed by atoms with Crippen molar-refractivity contribution in [1.82, 2.24) is 24.1 Å². The number of nitrogens with one attached hydrogen (secondary N) is 1. The number of aromatic nitrogens is 4. The molecule has 4 N–H and O–H groups in total. The van der Waals surface area contributed by atoms with E-state index in [2.05, 4.69) is 15.2 Å². The highest BCUT2D eigenvalue weighted by Gasteiger charge is 2.33. The summed E-state index contributed by atoms with van der Waals surface area (Å²) >= 11 is 0. The quantitative estimate of drug-likeness (QED) is 0.364. The lowest BCUT2D eigenvalue weighted by molar-refractivity contribution is 0.100. The molecule has 1 amide bonds. The normalized spacial score (nSPS) is 15.5.